The van der Waals surface area contributed by atoms with Crippen molar-refractivity contribution in [3.05, 3.63) is 41.2 Å². The van der Waals surface area contributed by atoms with Crippen LogP contribution < -0.4 is 5.32 Å². The standard InChI is InChI=1S/C14H14F3N3/c1-20-12-6-7-18-8-11(12)19-13(20)9-4-2-3-5-10(9)14(15,16)17/h2-5,18H,6-8H2,1H3. The van der Waals surface area contributed by atoms with Crippen molar-refractivity contribution in [2.45, 2.75) is 19.1 Å². The van der Waals surface area contributed by atoms with E-state index in [0.29, 0.717) is 12.4 Å². The molecule has 2 heterocycles. The Bertz CT molecular complexity index is 644. The zero-order valence-electron chi connectivity index (χ0n) is 11.0. The third kappa shape index (κ3) is 2.10. The lowest BCUT2D eigenvalue weighted by Crippen LogP contribution is -2.24. The monoisotopic (exact) mass is 281 g/mol. The molecule has 1 aliphatic rings. The van der Waals surface area contributed by atoms with Gasteiger partial charge in [-0.25, -0.2) is 4.98 Å². The molecule has 2 aromatic rings. The molecule has 1 aromatic heterocycles. The molecule has 3 rings (SSSR count). The van der Waals surface area contributed by atoms with Gasteiger partial charge in [-0.2, -0.15) is 13.2 Å². The highest BCUT2D eigenvalue weighted by Crippen LogP contribution is 2.37. The number of nitrogens with one attached hydrogen (secondary N) is 1. The van der Waals surface area contributed by atoms with Crippen LogP contribution in [-0.2, 0) is 26.2 Å². The largest absolute Gasteiger partial charge is 0.417 e. The van der Waals surface area contributed by atoms with E-state index in [1.54, 1.807) is 17.7 Å². The summed E-state index contributed by atoms with van der Waals surface area (Å²) in [5, 5.41) is 3.18. The maximum Gasteiger partial charge on any atom is 0.417 e. The van der Waals surface area contributed by atoms with Crippen molar-refractivity contribution < 1.29 is 13.2 Å². The lowest BCUT2D eigenvalue weighted by molar-refractivity contribution is -0.137. The maximum atomic E-state index is 13.1. The molecule has 0 unspecified atom stereocenters. The maximum absolute atomic E-state index is 13.1. The van der Waals surface area contributed by atoms with Gasteiger partial charge in [-0.3, -0.25) is 0 Å². The van der Waals surface area contributed by atoms with E-state index in [1.165, 1.54) is 12.1 Å². The fourth-order valence-electron chi connectivity index (χ4n) is 2.62. The van der Waals surface area contributed by atoms with E-state index in [9.17, 15) is 13.2 Å². The molecule has 0 aliphatic carbocycles. The Morgan fingerprint density at radius 2 is 2.00 bits per heavy atom. The van der Waals surface area contributed by atoms with Crippen molar-refractivity contribution in [2.75, 3.05) is 6.54 Å². The van der Waals surface area contributed by atoms with Gasteiger partial charge < -0.3 is 9.88 Å². The Hall–Kier alpha value is -1.82. The predicted molar refractivity (Wildman–Crippen MR) is 69.1 cm³/mol. The number of halogens is 3. The van der Waals surface area contributed by atoms with Gasteiger partial charge in [-0.1, -0.05) is 18.2 Å². The summed E-state index contributed by atoms with van der Waals surface area (Å²) in [6.45, 7) is 1.43. The Morgan fingerprint density at radius 3 is 2.70 bits per heavy atom. The second-order valence-corrected chi connectivity index (χ2v) is 4.86. The average Bonchev–Trinajstić information content (AvgIpc) is 2.76. The van der Waals surface area contributed by atoms with Gasteiger partial charge in [-0.05, 0) is 6.07 Å². The number of nitrogens with zero attached hydrogens (tertiary/aromatic N) is 2. The summed E-state index contributed by atoms with van der Waals surface area (Å²) in [4.78, 5) is 4.40. The number of fused-ring (bicyclic) bond motifs is 1. The van der Waals surface area contributed by atoms with Crippen LogP contribution in [0.3, 0.4) is 0 Å². The van der Waals surface area contributed by atoms with Crippen molar-refractivity contribution in [1.82, 2.24) is 14.9 Å². The Labute approximate surface area is 114 Å². The molecule has 106 valence electrons. The molecule has 20 heavy (non-hydrogen) atoms. The van der Waals surface area contributed by atoms with E-state index in [1.807, 2.05) is 0 Å². The number of alkyl halides is 3. The van der Waals surface area contributed by atoms with Crippen LogP contribution in [0.25, 0.3) is 11.4 Å². The summed E-state index contributed by atoms with van der Waals surface area (Å²) >= 11 is 0. The molecule has 1 aliphatic heterocycles. The summed E-state index contributed by atoms with van der Waals surface area (Å²) in [5.41, 5.74) is 1.34. The first-order valence-electron chi connectivity index (χ1n) is 6.40. The van der Waals surface area contributed by atoms with Crippen LogP contribution in [-0.4, -0.2) is 16.1 Å². The van der Waals surface area contributed by atoms with Gasteiger partial charge in [0.1, 0.15) is 5.82 Å². The Kier molecular flexibility index (Phi) is 3.05. The summed E-state index contributed by atoms with van der Waals surface area (Å²) < 4.78 is 41.1. The van der Waals surface area contributed by atoms with Crippen molar-refractivity contribution in [2.24, 2.45) is 7.05 Å². The number of rotatable bonds is 1. The highest BCUT2D eigenvalue weighted by atomic mass is 19.4. The van der Waals surface area contributed by atoms with Crippen LogP contribution in [0, 0.1) is 0 Å². The molecule has 0 amide bonds. The minimum Gasteiger partial charge on any atom is -0.331 e. The molecule has 0 saturated carbocycles. The summed E-state index contributed by atoms with van der Waals surface area (Å²) in [6, 6.07) is 5.58. The molecule has 3 nitrogen and oxygen atoms in total. The third-order valence-corrected chi connectivity index (χ3v) is 3.60. The van der Waals surface area contributed by atoms with Crippen LogP contribution in [0.4, 0.5) is 13.2 Å². The first-order valence-corrected chi connectivity index (χ1v) is 6.40. The molecule has 1 N–H and O–H groups in total. The van der Waals surface area contributed by atoms with Gasteiger partial charge in [0.15, 0.2) is 0 Å². The van der Waals surface area contributed by atoms with Gasteiger partial charge in [-0.15, -0.1) is 0 Å². The fourth-order valence-corrected chi connectivity index (χ4v) is 2.62. The van der Waals surface area contributed by atoms with Crippen molar-refractivity contribution >= 4 is 0 Å². The fraction of sp³-hybridized carbons (Fsp3) is 0.357. The molecule has 1 aromatic carbocycles. The first-order chi connectivity index (χ1) is 9.48. The van der Waals surface area contributed by atoms with Crippen molar-refractivity contribution in [3.63, 3.8) is 0 Å². The van der Waals surface area contributed by atoms with E-state index in [4.69, 9.17) is 0 Å². The van der Waals surface area contributed by atoms with Crippen LogP contribution in [0.2, 0.25) is 0 Å². The van der Waals surface area contributed by atoms with Gasteiger partial charge in [0.05, 0.1) is 11.3 Å². The summed E-state index contributed by atoms with van der Waals surface area (Å²) in [6.07, 6.45) is -3.59. The Balaban J connectivity index is 2.17. The number of imidazole rings is 1. The van der Waals surface area contributed by atoms with Crippen LogP contribution in [0.15, 0.2) is 24.3 Å². The third-order valence-electron chi connectivity index (χ3n) is 3.60. The molecule has 0 saturated heterocycles. The average molecular weight is 281 g/mol. The van der Waals surface area contributed by atoms with Gasteiger partial charge in [0.2, 0.25) is 0 Å². The molecule has 0 spiro atoms. The number of hydrogen-bond donors (Lipinski definition) is 1. The molecule has 0 radical (unpaired) electrons. The minimum absolute atomic E-state index is 0.136. The molecule has 0 atom stereocenters. The van der Waals surface area contributed by atoms with Gasteiger partial charge in [0.25, 0.3) is 0 Å². The van der Waals surface area contributed by atoms with Crippen LogP contribution in [0.1, 0.15) is 17.0 Å². The molecular weight excluding hydrogens is 267 g/mol. The number of hydrogen-bond acceptors (Lipinski definition) is 2. The van der Waals surface area contributed by atoms with Crippen LogP contribution >= 0.6 is 0 Å². The second kappa shape index (κ2) is 4.63. The molecule has 6 heteroatoms. The molecule has 0 fully saturated rings. The van der Waals surface area contributed by atoms with Gasteiger partial charge in [0, 0.05) is 37.8 Å². The summed E-state index contributed by atoms with van der Waals surface area (Å²) in [7, 11) is 1.78. The number of benzene rings is 1. The van der Waals surface area contributed by atoms with E-state index in [-0.39, 0.29) is 5.56 Å². The zero-order chi connectivity index (χ0) is 14.3. The SMILES string of the molecule is Cn1c(-c2ccccc2C(F)(F)F)nc2c1CCNC2. The predicted octanol–water partition coefficient (Wildman–Crippen LogP) is 2.75. The highest BCUT2D eigenvalue weighted by Gasteiger charge is 2.34. The van der Waals surface area contributed by atoms with E-state index in [2.05, 4.69) is 10.3 Å². The quantitative estimate of drug-likeness (QED) is 0.871. The number of aromatic nitrogens is 2. The lowest BCUT2D eigenvalue weighted by Gasteiger charge is -2.14. The van der Waals surface area contributed by atoms with Gasteiger partial charge >= 0.3 is 6.18 Å². The topological polar surface area (TPSA) is 29.9 Å². The normalized spacial score (nSPS) is 15.2. The molecule has 0 bridgehead atoms. The first kappa shape index (κ1) is 13.2. The minimum atomic E-state index is -4.37. The lowest BCUT2D eigenvalue weighted by atomic mass is 10.1. The van der Waals surface area contributed by atoms with Crippen molar-refractivity contribution in [3.8, 4) is 11.4 Å². The smallest absolute Gasteiger partial charge is 0.331 e. The van der Waals surface area contributed by atoms with Crippen LogP contribution in [0.5, 0.6) is 0 Å². The summed E-state index contributed by atoms with van der Waals surface area (Å²) in [5.74, 6) is 0.381. The zero-order valence-corrected chi connectivity index (χ0v) is 11.0. The Morgan fingerprint density at radius 1 is 1.25 bits per heavy atom. The molecular formula is C14H14F3N3. The van der Waals surface area contributed by atoms with E-state index in [0.717, 1.165) is 30.4 Å². The van der Waals surface area contributed by atoms with Crippen molar-refractivity contribution in [1.29, 1.82) is 0 Å². The highest BCUT2D eigenvalue weighted by molar-refractivity contribution is 5.63. The second-order valence-electron chi connectivity index (χ2n) is 4.86. The van der Waals surface area contributed by atoms with E-state index >= 15 is 0 Å². The van der Waals surface area contributed by atoms with E-state index < -0.39 is 11.7 Å².